The first-order chi connectivity index (χ1) is 9.68. The Morgan fingerprint density at radius 1 is 1.45 bits per heavy atom. The van der Waals surface area contributed by atoms with Crippen LogP contribution in [0.15, 0.2) is 18.2 Å². The SMILES string of the molecule is Cc1cccc(C(=O)NCCOC2CCNCC2)c1O. The number of nitrogens with one attached hydrogen (secondary N) is 2. The standard InChI is InChI=1S/C15H22N2O3/c1-11-3-2-4-13(14(11)18)15(19)17-9-10-20-12-5-7-16-8-6-12/h2-4,12,16,18H,5-10H2,1H3,(H,17,19). The van der Waals surface area contributed by atoms with E-state index in [1.807, 2.05) is 0 Å². The lowest BCUT2D eigenvalue weighted by molar-refractivity contribution is 0.0343. The Morgan fingerprint density at radius 3 is 2.95 bits per heavy atom. The van der Waals surface area contributed by atoms with Crippen LogP contribution < -0.4 is 10.6 Å². The minimum Gasteiger partial charge on any atom is -0.507 e. The van der Waals surface area contributed by atoms with Crippen LogP contribution in [0, 0.1) is 6.92 Å². The highest BCUT2D eigenvalue weighted by atomic mass is 16.5. The zero-order chi connectivity index (χ0) is 14.4. The summed E-state index contributed by atoms with van der Waals surface area (Å²) in [7, 11) is 0. The van der Waals surface area contributed by atoms with Gasteiger partial charge in [-0.3, -0.25) is 4.79 Å². The first-order valence-electron chi connectivity index (χ1n) is 7.07. The second-order valence-corrected chi connectivity index (χ2v) is 5.05. The molecule has 110 valence electrons. The molecule has 0 radical (unpaired) electrons. The summed E-state index contributed by atoms with van der Waals surface area (Å²) in [4.78, 5) is 11.9. The van der Waals surface area contributed by atoms with Crippen LogP contribution in [0.3, 0.4) is 0 Å². The van der Waals surface area contributed by atoms with Crippen molar-refractivity contribution in [2.45, 2.75) is 25.9 Å². The Labute approximate surface area is 119 Å². The summed E-state index contributed by atoms with van der Waals surface area (Å²) in [6.45, 7) is 4.72. The van der Waals surface area contributed by atoms with E-state index in [-0.39, 0.29) is 11.7 Å². The second kappa shape index (κ2) is 7.26. The van der Waals surface area contributed by atoms with Gasteiger partial charge in [-0.15, -0.1) is 0 Å². The maximum Gasteiger partial charge on any atom is 0.255 e. The average Bonchev–Trinajstić information content (AvgIpc) is 2.47. The molecule has 2 rings (SSSR count). The molecule has 3 N–H and O–H groups in total. The van der Waals surface area contributed by atoms with E-state index in [1.165, 1.54) is 0 Å². The third-order valence-electron chi connectivity index (χ3n) is 3.51. The number of phenolic OH excluding ortho intramolecular Hbond substituents is 1. The van der Waals surface area contributed by atoms with Gasteiger partial charge in [0, 0.05) is 6.54 Å². The molecule has 5 nitrogen and oxygen atoms in total. The van der Waals surface area contributed by atoms with E-state index in [1.54, 1.807) is 25.1 Å². The third kappa shape index (κ3) is 3.95. The van der Waals surface area contributed by atoms with E-state index in [2.05, 4.69) is 10.6 Å². The Bertz CT molecular complexity index is 456. The molecule has 0 saturated carbocycles. The number of rotatable bonds is 5. The van der Waals surface area contributed by atoms with Gasteiger partial charge in [-0.2, -0.15) is 0 Å². The monoisotopic (exact) mass is 278 g/mol. The van der Waals surface area contributed by atoms with E-state index in [0.717, 1.165) is 25.9 Å². The number of ether oxygens (including phenoxy) is 1. The predicted octanol–water partition coefficient (Wildman–Crippen LogP) is 1.20. The van der Waals surface area contributed by atoms with Crippen molar-refractivity contribution in [1.29, 1.82) is 0 Å². The van der Waals surface area contributed by atoms with Crippen LogP contribution in [-0.2, 0) is 4.74 Å². The van der Waals surface area contributed by atoms with Crippen molar-refractivity contribution in [3.8, 4) is 5.75 Å². The number of carbonyl (C=O) groups is 1. The normalized spacial score (nSPS) is 16.1. The molecule has 0 aliphatic carbocycles. The molecule has 0 spiro atoms. The molecule has 1 amide bonds. The number of aryl methyl sites for hydroxylation is 1. The van der Waals surface area contributed by atoms with Crippen LogP contribution in [-0.4, -0.2) is 43.4 Å². The summed E-state index contributed by atoms with van der Waals surface area (Å²) >= 11 is 0. The first kappa shape index (κ1) is 14.8. The van der Waals surface area contributed by atoms with Gasteiger partial charge >= 0.3 is 0 Å². The molecule has 1 heterocycles. The summed E-state index contributed by atoms with van der Waals surface area (Å²) in [6.07, 6.45) is 2.33. The van der Waals surface area contributed by atoms with Crippen molar-refractivity contribution in [2.24, 2.45) is 0 Å². The molecule has 1 aliphatic heterocycles. The van der Waals surface area contributed by atoms with Crippen molar-refractivity contribution >= 4 is 5.91 Å². The van der Waals surface area contributed by atoms with Gasteiger partial charge in [-0.25, -0.2) is 0 Å². The smallest absolute Gasteiger partial charge is 0.255 e. The number of hydrogen-bond donors (Lipinski definition) is 3. The minimum atomic E-state index is -0.264. The highest BCUT2D eigenvalue weighted by Gasteiger charge is 2.14. The third-order valence-corrected chi connectivity index (χ3v) is 3.51. The van der Waals surface area contributed by atoms with Gasteiger partial charge in [0.2, 0.25) is 0 Å². The summed E-state index contributed by atoms with van der Waals surface area (Å²) < 4.78 is 5.71. The number of carbonyl (C=O) groups excluding carboxylic acids is 1. The summed E-state index contributed by atoms with van der Waals surface area (Å²) in [6, 6.07) is 5.15. The fourth-order valence-corrected chi connectivity index (χ4v) is 2.29. The Morgan fingerprint density at radius 2 is 2.20 bits per heavy atom. The number of piperidine rings is 1. The van der Waals surface area contributed by atoms with Crippen molar-refractivity contribution < 1.29 is 14.6 Å². The minimum absolute atomic E-state index is 0.0456. The number of phenols is 1. The van der Waals surface area contributed by atoms with Gasteiger partial charge in [0.05, 0.1) is 18.3 Å². The van der Waals surface area contributed by atoms with E-state index >= 15 is 0 Å². The molecular weight excluding hydrogens is 256 g/mol. The first-order valence-corrected chi connectivity index (χ1v) is 7.07. The number of amides is 1. The molecule has 1 fully saturated rings. The molecule has 1 aromatic carbocycles. The van der Waals surface area contributed by atoms with Gasteiger partial charge in [0.15, 0.2) is 0 Å². The average molecular weight is 278 g/mol. The molecular formula is C15H22N2O3. The van der Waals surface area contributed by atoms with Crippen LogP contribution in [0.1, 0.15) is 28.8 Å². The molecule has 5 heteroatoms. The van der Waals surface area contributed by atoms with Gasteiger partial charge in [0.25, 0.3) is 5.91 Å². The highest BCUT2D eigenvalue weighted by Crippen LogP contribution is 2.20. The Kier molecular flexibility index (Phi) is 5.38. The quantitative estimate of drug-likeness (QED) is 0.708. The zero-order valence-electron chi connectivity index (χ0n) is 11.8. The summed E-state index contributed by atoms with van der Waals surface area (Å²) in [5, 5.41) is 15.9. The molecule has 0 atom stereocenters. The lowest BCUT2D eigenvalue weighted by atomic mass is 10.1. The van der Waals surface area contributed by atoms with E-state index < -0.39 is 0 Å². The topological polar surface area (TPSA) is 70.6 Å². The summed E-state index contributed by atoms with van der Waals surface area (Å²) in [5.74, 6) is -0.218. The maximum atomic E-state index is 11.9. The van der Waals surface area contributed by atoms with Gasteiger partial charge in [0.1, 0.15) is 5.75 Å². The predicted molar refractivity (Wildman–Crippen MR) is 77.0 cm³/mol. The van der Waals surface area contributed by atoms with Crippen LogP contribution in [0.2, 0.25) is 0 Å². The molecule has 1 saturated heterocycles. The molecule has 0 bridgehead atoms. The molecule has 0 unspecified atom stereocenters. The Balaban J connectivity index is 1.73. The van der Waals surface area contributed by atoms with Crippen LogP contribution in [0.5, 0.6) is 5.75 Å². The molecule has 20 heavy (non-hydrogen) atoms. The fraction of sp³-hybridized carbons (Fsp3) is 0.533. The molecule has 1 aliphatic rings. The van der Waals surface area contributed by atoms with Gasteiger partial charge < -0.3 is 20.5 Å². The van der Waals surface area contributed by atoms with Gasteiger partial charge in [-0.1, -0.05) is 12.1 Å². The Hall–Kier alpha value is -1.59. The second-order valence-electron chi connectivity index (χ2n) is 5.05. The van der Waals surface area contributed by atoms with Crippen molar-refractivity contribution in [1.82, 2.24) is 10.6 Å². The molecule has 0 aromatic heterocycles. The van der Waals surface area contributed by atoms with Crippen molar-refractivity contribution in [3.63, 3.8) is 0 Å². The van der Waals surface area contributed by atoms with Gasteiger partial charge in [-0.05, 0) is 44.5 Å². The van der Waals surface area contributed by atoms with E-state index in [4.69, 9.17) is 4.74 Å². The number of aromatic hydroxyl groups is 1. The zero-order valence-corrected chi connectivity index (χ0v) is 11.8. The maximum absolute atomic E-state index is 11.9. The highest BCUT2D eigenvalue weighted by molar-refractivity contribution is 5.97. The molecule has 1 aromatic rings. The summed E-state index contributed by atoms with van der Waals surface area (Å²) in [5.41, 5.74) is 1.01. The number of para-hydroxylation sites is 1. The largest absolute Gasteiger partial charge is 0.507 e. The fourth-order valence-electron chi connectivity index (χ4n) is 2.29. The lowest BCUT2D eigenvalue weighted by Crippen LogP contribution is -2.34. The van der Waals surface area contributed by atoms with E-state index in [0.29, 0.717) is 30.4 Å². The number of benzene rings is 1. The number of hydrogen-bond acceptors (Lipinski definition) is 4. The van der Waals surface area contributed by atoms with Crippen LogP contribution in [0.25, 0.3) is 0 Å². The van der Waals surface area contributed by atoms with Crippen LogP contribution >= 0.6 is 0 Å². The van der Waals surface area contributed by atoms with Crippen molar-refractivity contribution in [3.05, 3.63) is 29.3 Å². The lowest BCUT2D eigenvalue weighted by Gasteiger charge is -2.22. The van der Waals surface area contributed by atoms with E-state index in [9.17, 15) is 9.90 Å². The van der Waals surface area contributed by atoms with Crippen molar-refractivity contribution in [2.75, 3.05) is 26.2 Å². The van der Waals surface area contributed by atoms with Crippen LogP contribution in [0.4, 0.5) is 0 Å².